The van der Waals surface area contributed by atoms with E-state index in [1.807, 2.05) is 0 Å². The Morgan fingerprint density at radius 1 is 0.500 bits per heavy atom. The lowest BCUT2D eigenvalue weighted by molar-refractivity contribution is -0.0815. The average molecular weight is 419 g/mol. The Hall–Kier alpha value is -0.160. The normalized spacial score (nSPS) is 30.0. The van der Waals surface area contributed by atoms with E-state index in [9.17, 15) is 0 Å². The Morgan fingerprint density at radius 2 is 0.800 bits per heavy atom. The van der Waals surface area contributed by atoms with Gasteiger partial charge in [-0.05, 0) is 117 Å². The fourth-order valence-electron chi connectivity index (χ4n) is 6.76. The Kier molecular flexibility index (Phi) is 6.90. The van der Waals surface area contributed by atoms with Gasteiger partial charge in [-0.25, -0.2) is 0 Å². The lowest BCUT2D eigenvalue weighted by atomic mass is 9.70. The second kappa shape index (κ2) is 9.00. The zero-order valence-corrected chi connectivity index (χ0v) is 21.0. The molecule has 0 N–H and O–H groups in total. The van der Waals surface area contributed by atoms with Gasteiger partial charge in [0.05, 0.1) is 0 Å². The van der Waals surface area contributed by atoms with Gasteiger partial charge in [0.1, 0.15) is 0 Å². The summed E-state index contributed by atoms with van der Waals surface area (Å²) in [5, 5.41) is 0. The molecular weight excluding hydrogens is 368 g/mol. The summed E-state index contributed by atoms with van der Waals surface area (Å²) in [5.41, 5.74) is 1.33. The number of nitrogens with zero attached hydrogens (tertiary/aromatic N) is 4. The first-order valence-corrected chi connectivity index (χ1v) is 13.2. The number of rotatable bonds is 7. The van der Waals surface area contributed by atoms with Crippen molar-refractivity contribution < 1.29 is 0 Å². The number of likely N-dealkylation sites (tertiary alicyclic amines) is 4. The van der Waals surface area contributed by atoms with E-state index < -0.39 is 0 Å². The molecule has 4 rings (SSSR count). The minimum absolute atomic E-state index is 0.667. The molecule has 0 aromatic heterocycles. The molecule has 2 atom stereocenters. The molecular formula is C26H50N4. The van der Waals surface area contributed by atoms with Gasteiger partial charge in [-0.3, -0.25) is 9.80 Å². The fourth-order valence-corrected chi connectivity index (χ4v) is 6.76. The van der Waals surface area contributed by atoms with Crippen LogP contribution in [0.1, 0.15) is 80.1 Å². The third kappa shape index (κ3) is 4.77. The second-order valence-corrected chi connectivity index (χ2v) is 12.3. The first kappa shape index (κ1) is 23.0. The van der Waals surface area contributed by atoms with Crippen LogP contribution in [-0.4, -0.2) is 96.1 Å². The molecule has 0 amide bonds. The molecule has 30 heavy (non-hydrogen) atoms. The largest absolute Gasteiger partial charge is 0.301 e. The molecule has 0 bridgehead atoms. The van der Waals surface area contributed by atoms with Gasteiger partial charge in [0.15, 0.2) is 0 Å². The molecule has 4 fully saturated rings. The van der Waals surface area contributed by atoms with Gasteiger partial charge in [0.25, 0.3) is 0 Å². The molecule has 4 heteroatoms. The van der Waals surface area contributed by atoms with Gasteiger partial charge in [-0.1, -0.05) is 0 Å². The minimum Gasteiger partial charge on any atom is -0.301 e. The van der Waals surface area contributed by atoms with Crippen LogP contribution in [0.2, 0.25) is 0 Å². The van der Waals surface area contributed by atoms with Crippen LogP contribution < -0.4 is 0 Å². The van der Waals surface area contributed by atoms with Crippen LogP contribution >= 0.6 is 0 Å². The smallest absolute Gasteiger partial charge is 0.00679 e. The fraction of sp³-hybridized carbons (Fsp3) is 1.00. The molecule has 4 saturated heterocycles. The lowest BCUT2D eigenvalue weighted by Crippen LogP contribution is -2.63. The molecule has 4 aliphatic rings. The summed E-state index contributed by atoms with van der Waals surface area (Å²) in [7, 11) is 0. The monoisotopic (exact) mass is 418 g/mol. The molecule has 4 heterocycles. The Bertz CT molecular complexity index is 491. The third-order valence-corrected chi connectivity index (χ3v) is 9.58. The van der Waals surface area contributed by atoms with E-state index in [1.54, 1.807) is 0 Å². The van der Waals surface area contributed by atoms with Crippen molar-refractivity contribution in [2.75, 3.05) is 52.4 Å². The van der Waals surface area contributed by atoms with Crippen LogP contribution in [0.4, 0.5) is 0 Å². The zero-order valence-electron chi connectivity index (χ0n) is 21.0. The van der Waals surface area contributed by atoms with Crippen LogP contribution in [0.25, 0.3) is 0 Å². The van der Waals surface area contributed by atoms with Gasteiger partial charge in [0.2, 0.25) is 0 Å². The first-order chi connectivity index (χ1) is 14.2. The van der Waals surface area contributed by atoms with Crippen LogP contribution in [0.15, 0.2) is 0 Å². The molecule has 0 saturated carbocycles. The molecule has 2 unspecified atom stereocenters. The van der Waals surface area contributed by atoms with Crippen molar-refractivity contribution in [3.8, 4) is 0 Å². The zero-order chi connectivity index (χ0) is 21.5. The molecule has 174 valence electrons. The molecule has 0 aliphatic carbocycles. The van der Waals surface area contributed by atoms with E-state index >= 15 is 0 Å². The Morgan fingerprint density at radius 3 is 1.07 bits per heavy atom. The highest BCUT2D eigenvalue weighted by Crippen LogP contribution is 2.44. The number of hydrogen-bond acceptors (Lipinski definition) is 4. The van der Waals surface area contributed by atoms with E-state index in [1.165, 1.54) is 90.9 Å². The Balaban J connectivity index is 1.12. The van der Waals surface area contributed by atoms with Gasteiger partial charge < -0.3 is 9.80 Å². The van der Waals surface area contributed by atoms with Gasteiger partial charge >= 0.3 is 0 Å². The van der Waals surface area contributed by atoms with Gasteiger partial charge in [0, 0.05) is 50.3 Å². The predicted octanol–water partition coefficient (Wildman–Crippen LogP) is 4.16. The van der Waals surface area contributed by atoms with Crippen molar-refractivity contribution >= 4 is 0 Å². The third-order valence-electron chi connectivity index (χ3n) is 9.58. The molecule has 0 aromatic carbocycles. The van der Waals surface area contributed by atoms with Crippen LogP contribution in [0.5, 0.6) is 0 Å². The van der Waals surface area contributed by atoms with Crippen molar-refractivity contribution in [3.05, 3.63) is 0 Å². The Labute approximate surface area is 187 Å². The lowest BCUT2D eigenvalue weighted by Gasteiger charge is -2.57. The summed E-state index contributed by atoms with van der Waals surface area (Å²) in [5.74, 6) is 0. The predicted molar refractivity (Wildman–Crippen MR) is 128 cm³/mol. The maximum atomic E-state index is 2.79. The summed E-state index contributed by atoms with van der Waals surface area (Å²) < 4.78 is 0. The van der Waals surface area contributed by atoms with Gasteiger partial charge in [-0.15, -0.1) is 0 Å². The van der Waals surface area contributed by atoms with Gasteiger partial charge in [-0.2, -0.15) is 0 Å². The van der Waals surface area contributed by atoms with Crippen molar-refractivity contribution in [2.45, 2.75) is 104 Å². The van der Waals surface area contributed by atoms with Crippen LogP contribution in [0.3, 0.4) is 0 Å². The summed E-state index contributed by atoms with van der Waals surface area (Å²) >= 11 is 0. The number of piperidine rings is 2. The van der Waals surface area contributed by atoms with Crippen molar-refractivity contribution in [1.29, 1.82) is 0 Å². The highest BCUT2D eigenvalue weighted by Gasteiger charge is 2.47. The number of hydrogen-bond donors (Lipinski definition) is 0. The van der Waals surface area contributed by atoms with E-state index in [0.717, 1.165) is 24.2 Å². The minimum atomic E-state index is 0.667. The quantitative estimate of drug-likeness (QED) is 0.615. The van der Waals surface area contributed by atoms with Crippen LogP contribution in [-0.2, 0) is 0 Å². The van der Waals surface area contributed by atoms with E-state index in [4.69, 9.17) is 0 Å². The summed E-state index contributed by atoms with van der Waals surface area (Å²) in [6.07, 6.45) is 8.45. The standard InChI is InChI=1S/C26H50N4/c1-21(2)27-13-9-25(10-14-27)17-29(18-25)23(5)7-8-24(6)30-19-26(20-30)11-15-28(16-12-26)22(3)4/h21-24H,7-20H2,1-6H3. The van der Waals surface area contributed by atoms with Crippen molar-refractivity contribution in [3.63, 3.8) is 0 Å². The highest BCUT2D eigenvalue weighted by atomic mass is 15.3. The maximum absolute atomic E-state index is 2.79. The van der Waals surface area contributed by atoms with E-state index in [0.29, 0.717) is 10.8 Å². The summed E-state index contributed by atoms with van der Waals surface area (Å²) in [6, 6.07) is 2.99. The SMILES string of the molecule is CC(C)N1CCC2(CC1)CN(C(C)CCC(C)N1CC3(CCN(C(C)C)CC3)C1)C2. The maximum Gasteiger partial charge on any atom is 0.00679 e. The molecule has 4 aliphatic heterocycles. The second-order valence-electron chi connectivity index (χ2n) is 12.3. The van der Waals surface area contributed by atoms with E-state index in [2.05, 4.69) is 61.1 Å². The van der Waals surface area contributed by atoms with Crippen molar-refractivity contribution in [1.82, 2.24) is 19.6 Å². The highest BCUT2D eigenvalue weighted by molar-refractivity contribution is 5.02. The molecule has 4 nitrogen and oxygen atoms in total. The van der Waals surface area contributed by atoms with Crippen molar-refractivity contribution in [2.24, 2.45) is 10.8 Å². The summed E-state index contributed by atoms with van der Waals surface area (Å²) in [4.78, 5) is 10.9. The van der Waals surface area contributed by atoms with Crippen LogP contribution in [0, 0.1) is 10.8 Å². The molecule has 0 aromatic rings. The average Bonchev–Trinajstić information content (AvgIpc) is 2.68. The molecule has 0 radical (unpaired) electrons. The molecule has 2 spiro atoms. The van der Waals surface area contributed by atoms with E-state index in [-0.39, 0.29) is 0 Å². The topological polar surface area (TPSA) is 13.0 Å². The summed E-state index contributed by atoms with van der Waals surface area (Å²) in [6.45, 7) is 25.1. The first-order valence-electron chi connectivity index (χ1n) is 13.2.